The van der Waals surface area contributed by atoms with Crippen LogP contribution in [0.3, 0.4) is 0 Å². The van der Waals surface area contributed by atoms with E-state index in [-0.39, 0.29) is 13.2 Å². The third-order valence-corrected chi connectivity index (χ3v) is 8.24. The quantitative estimate of drug-likeness (QED) is 0.255. The SMILES string of the molecule is O=C(O)COc1c2cccc1Cc1cccc3c1OCCOCCOCCOc1c(cccc1Cc1cccc(c1OCC(=O)O)C3)C2. The van der Waals surface area contributed by atoms with Crippen molar-refractivity contribution in [2.45, 2.75) is 25.7 Å². The molecule has 1 aliphatic heterocycles. The van der Waals surface area contributed by atoms with Crippen LogP contribution >= 0.6 is 0 Å². The van der Waals surface area contributed by atoms with Gasteiger partial charge in [-0.25, -0.2) is 9.59 Å². The van der Waals surface area contributed by atoms with E-state index < -0.39 is 25.2 Å². The lowest BCUT2D eigenvalue weighted by atomic mass is 9.91. The number of carboxylic acids is 2. The number of para-hydroxylation sites is 4. The Balaban J connectivity index is 1.58. The van der Waals surface area contributed by atoms with Crippen LogP contribution in [0.15, 0.2) is 72.8 Å². The van der Waals surface area contributed by atoms with E-state index in [9.17, 15) is 19.8 Å². The van der Waals surface area contributed by atoms with Gasteiger partial charge < -0.3 is 38.6 Å². The van der Waals surface area contributed by atoms with Gasteiger partial charge in [0.25, 0.3) is 0 Å². The van der Waals surface area contributed by atoms with Crippen LogP contribution in [0.1, 0.15) is 44.5 Å². The first-order chi connectivity index (χ1) is 23.5. The third-order valence-electron chi connectivity index (χ3n) is 8.24. The maximum absolute atomic E-state index is 11.7. The van der Waals surface area contributed by atoms with Gasteiger partial charge in [-0.15, -0.1) is 0 Å². The summed E-state index contributed by atoms with van der Waals surface area (Å²) < 4.78 is 36.5. The van der Waals surface area contributed by atoms with Crippen molar-refractivity contribution in [3.8, 4) is 23.0 Å². The molecule has 4 aromatic rings. The van der Waals surface area contributed by atoms with E-state index in [0.717, 1.165) is 44.5 Å². The Hall–Kier alpha value is -5.06. The minimum Gasteiger partial charge on any atom is -0.491 e. The topological polar surface area (TPSA) is 130 Å². The summed E-state index contributed by atoms with van der Waals surface area (Å²) in [5.41, 5.74) is 6.80. The molecule has 0 spiro atoms. The molecule has 6 rings (SSSR count). The van der Waals surface area contributed by atoms with Gasteiger partial charge in [0.2, 0.25) is 0 Å². The van der Waals surface area contributed by atoms with Gasteiger partial charge in [0.1, 0.15) is 36.2 Å². The number of benzene rings is 4. The van der Waals surface area contributed by atoms with Gasteiger partial charge in [-0.2, -0.15) is 0 Å². The van der Waals surface area contributed by atoms with Crippen molar-refractivity contribution in [3.63, 3.8) is 0 Å². The minimum absolute atomic E-state index is 0.287. The number of ether oxygens (including phenoxy) is 6. The molecule has 0 aromatic heterocycles. The predicted octanol–water partition coefficient (Wildman–Crippen LogP) is 5.09. The molecule has 0 fully saturated rings. The van der Waals surface area contributed by atoms with E-state index in [1.165, 1.54) is 0 Å². The predicted molar refractivity (Wildman–Crippen MR) is 176 cm³/mol. The summed E-state index contributed by atoms with van der Waals surface area (Å²) in [7, 11) is 0. The molecule has 1 aliphatic carbocycles. The molecule has 0 saturated carbocycles. The maximum Gasteiger partial charge on any atom is 0.341 e. The van der Waals surface area contributed by atoms with Crippen LogP contribution in [0.2, 0.25) is 0 Å². The molecule has 10 nitrogen and oxygen atoms in total. The minimum atomic E-state index is -1.07. The highest BCUT2D eigenvalue weighted by Gasteiger charge is 2.22. The third kappa shape index (κ3) is 8.07. The highest BCUT2D eigenvalue weighted by molar-refractivity contribution is 5.69. The number of carboxylic acid groups (broad SMARTS) is 2. The second-order valence-corrected chi connectivity index (χ2v) is 11.6. The monoisotopic (exact) mass is 654 g/mol. The van der Waals surface area contributed by atoms with Crippen LogP contribution in [0.25, 0.3) is 0 Å². The van der Waals surface area contributed by atoms with Gasteiger partial charge in [-0.05, 0) is 44.5 Å². The molecule has 1 heterocycles. The smallest absolute Gasteiger partial charge is 0.341 e. The molecule has 10 bridgehead atoms. The van der Waals surface area contributed by atoms with Gasteiger partial charge in [0.15, 0.2) is 13.2 Å². The van der Waals surface area contributed by atoms with Crippen molar-refractivity contribution in [3.05, 3.63) is 117 Å². The molecular weight excluding hydrogens is 616 g/mol. The molecule has 0 saturated heterocycles. The summed E-state index contributed by atoms with van der Waals surface area (Å²) in [6.45, 7) is 1.10. The molecular formula is C38H38O10. The van der Waals surface area contributed by atoms with Crippen LogP contribution in [0.4, 0.5) is 0 Å². The van der Waals surface area contributed by atoms with Gasteiger partial charge in [-0.1, -0.05) is 72.8 Å². The maximum atomic E-state index is 11.7. The second-order valence-electron chi connectivity index (χ2n) is 11.6. The summed E-state index contributed by atoms with van der Waals surface area (Å²) in [4.78, 5) is 23.4. The highest BCUT2D eigenvalue weighted by atomic mass is 16.6. The van der Waals surface area contributed by atoms with E-state index in [4.69, 9.17) is 28.4 Å². The summed E-state index contributed by atoms with van der Waals surface area (Å²) in [5.74, 6) is 0.239. The van der Waals surface area contributed by atoms with E-state index in [2.05, 4.69) is 0 Å². The van der Waals surface area contributed by atoms with Gasteiger partial charge in [-0.3, -0.25) is 0 Å². The first kappa shape index (κ1) is 32.9. The van der Waals surface area contributed by atoms with E-state index in [1.807, 2.05) is 72.8 Å². The average Bonchev–Trinajstić information content (AvgIpc) is 3.06. The molecule has 0 radical (unpaired) electrons. The Labute approximate surface area is 278 Å². The van der Waals surface area contributed by atoms with Crippen LogP contribution in [-0.4, -0.2) is 75.0 Å². The lowest BCUT2D eigenvalue weighted by Gasteiger charge is -2.22. The lowest BCUT2D eigenvalue weighted by molar-refractivity contribution is -0.140. The summed E-state index contributed by atoms with van der Waals surface area (Å²) in [5, 5.41) is 19.1. The first-order valence-corrected chi connectivity index (χ1v) is 16.0. The fourth-order valence-corrected chi connectivity index (χ4v) is 6.22. The van der Waals surface area contributed by atoms with Crippen LogP contribution in [0.5, 0.6) is 23.0 Å². The molecule has 0 amide bonds. The van der Waals surface area contributed by atoms with Crippen LogP contribution in [0, 0.1) is 0 Å². The molecule has 0 unspecified atom stereocenters. The zero-order valence-corrected chi connectivity index (χ0v) is 26.6. The number of fused-ring (bicyclic) bond motifs is 2. The molecule has 4 aromatic carbocycles. The molecule has 2 aliphatic rings. The largest absolute Gasteiger partial charge is 0.491 e. The van der Waals surface area contributed by atoms with Crippen LogP contribution in [-0.2, 0) is 44.7 Å². The van der Waals surface area contributed by atoms with E-state index in [0.29, 0.717) is 75.1 Å². The van der Waals surface area contributed by atoms with Crippen molar-refractivity contribution >= 4 is 11.9 Å². The number of hydrogen-bond donors (Lipinski definition) is 2. The summed E-state index contributed by atoms with van der Waals surface area (Å²) >= 11 is 0. The van der Waals surface area contributed by atoms with Crippen molar-refractivity contribution in [1.82, 2.24) is 0 Å². The molecule has 0 atom stereocenters. The average molecular weight is 655 g/mol. The fourth-order valence-electron chi connectivity index (χ4n) is 6.22. The zero-order valence-electron chi connectivity index (χ0n) is 26.6. The molecule has 250 valence electrons. The summed E-state index contributed by atoms with van der Waals surface area (Å²) in [6, 6.07) is 23.5. The Morgan fingerprint density at radius 1 is 0.479 bits per heavy atom. The zero-order chi connectivity index (χ0) is 33.3. The fraction of sp³-hybridized carbons (Fsp3) is 0.316. The second kappa shape index (κ2) is 15.7. The molecule has 2 N–H and O–H groups in total. The Morgan fingerprint density at radius 2 is 0.771 bits per heavy atom. The van der Waals surface area contributed by atoms with E-state index >= 15 is 0 Å². The number of rotatable bonds is 6. The summed E-state index contributed by atoms with van der Waals surface area (Å²) in [6.07, 6.45) is 1.64. The van der Waals surface area contributed by atoms with Crippen molar-refractivity contribution in [1.29, 1.82) is 0 Å². The number of aliphatic carboxylic acids is 2. The molecule has 48 heavy (non-hydrogen) atoms. The van der Waals surface area contributed by atoms with Gasteiger partial charge in [0, 0.05) is 25.7 Å². The van der Waals surface area contributed by atoms with Gasteiger partial charge >= 0.3 is 11.9 Å². The lowest BCUT2D eigenvalue weighted by Crippen LogP contribution is -2.14. The first-order valence-electron chi connectivity index (χ1n) is 16.0. The Kier molecular flexibility index (Phi) is 10.7. The van der Waals surface area contributed by atoms with Crippen molar-refractivity contribution < 1.29 is 48.2 Å². The number of hydrogen-bond acceptors (Lipinski definition) is 8. The van der Waals surface area contributed by atoms with Crippen LogP contribution < -0.4 is 18.9 Å². The Bertz CT molecular complexity index is 1550. The van der Waals surface area contributed by atoms with E-state index in [1.54, 1.807) is 0 Å². The number of carbonyl (C=O) groups is 2. The van der Waals surface area contributed by atoms with Gasteiger partial charge in [0.05, 0.1) is 26.4 Å². The highest BCUT2D eigenvalue weighted by Crippen LogP contribution is 2.38. The molecule has 10 heteroatoms. The normalized spacial score (nSPS) is 14.9. The standard InChI is InChI=1S/C38H38O10/c39-33(40)23-47-37-29-9-3-11-31(37)21-27-7-2-8-28-22-32-12-4-10-30(38(32)48-24-34(41)42)20-26-6-1-5-25(19-29)35(26)45-17-15-43-13-14-44-16-18-46-36(27)28/h1-12H,13-24H2,(H,39,40)(H,41,42). The van der Waals surface area contributed by atoms with Crippen molar-refractivity contribution in [2.24, 2.45) is 0 Å². The Morgan fingerprint density at radius 3 is 1.08 bits per heavy atom. The van der Waals surface area contributed by atoms with Crippen molar-refractivity contribution in [2.75, 3.05) is 52.9 Å².